The second kappa shape index (κ2) is 5.40. The Labute approximate surface area is 108 Å². The fourth-order valence-electron chi connectivity index (χ4n) is 1.96. The molecule has 1 saturated carbocycles. The van der Waals surface area contributed by atoms with Crippen LogP contribution < -0.4 is 10.5 Å². The van der Waals surface area contributed by atoms with Gasteiger partial charge in [0.25, 0.3) is 0 Å². The highest BCUT2D eigenvalue weighted by molar-refractivity contribution is 5.81. The van der Waals surface area contributed by atoms with E-state index in [0.29, 0.717) is 12.6 Å². The number of methoxy groups -OCH3 is 1. The van der Waals surface area contributed by atoms with Crippen molar-refractivity contribution in [1.29, 1.82) is 0 Å². The van der Waals surface area contributed by atoms with E-state index in [1.54, 1.807) is 14.0 Å². The maximum atomic E-state index is 12.0. The third kappa shape index (κ3) is 3.01. The molecule has 1 unspecified atom stereocenters. The van der Waals surface area contributed by atoms with Gasteiger partial charge in [0.1, 0.15) is 5.75 Å². The number of ether oxygens (including phenoxy) is 1. The van der Waals surface area contributed by atoms with E-state index in [1.165, 1.54) is 0 Å². The first-order chi connectivity index (χ1) is 8.61. The molecule has 1 amide bonds. The highest BCUT2D eigenvalue weighted by Gasteiger charge is 2.33. The molecule has 0 heterocycles. The van der Waals surface area contributed by atoms with Gasteiger partial charge in [0.2, 0.25) is 5.91 Å². The standard InChI is InChI=1S/C14H20N2O2/c1-10(15)14(17)16(12-5-6-12)9-11-3-7-13(18-2)8-4-11/h3-4,7-8,10,12H,5-6,9,15H2,1-2H3. The number of carbonyl (C=O) groups excluding carboxylic acids is 1. The number of benzene rings is 1. The van der Waals surface area contributed by atoms with Gasteiger partial charge >= 0.3 is 0 Å². The minimum atomic E-state index is -0.427. The first-order valence-corrected chi connectivity index (χ1v) is 6.31. The van der Waals surface area contributed by atoms with Crippen molar-refractivity contribution in [1.82, 2.24) is 4.90 Å². The quantitative estimate of drug-likeness (QED) is 0.859. The van der Waals surface area contributed by atoms with Gasteiger partial charge in [0.15, 0.2) is 0 Å². The van der Waals surface area contributed by atoms with Crippen LogP contribution in [0.25, 0.3) is 0 Å². The molecule has 0 aromatic heterocycles. The van der Waals surface area contributed by atoms with Crippen molar-refractivity contribution >= 4 is 5.91 Å². The van der Waals surface area contributed by atoms with Gasteiger partial charge in [-0.25, -0.2) is 0 Å². The van der Waals surface area contributed by atoms with E-state index >= 15 is 0 Å². The van der Waals surface area contributed by atoms with Gasteiger partial charge in [-0.1, -0.05) is 12.1 Å². The molecule has 0 spiro atoms. The van der Waals surface area contributed by atoms with Crippen LogP contribution in [0.5, 0.6) is 5.75 Å². The van der Waals surface area contributed by atoms with E-state index in [-0.39, 0.29) is 5.91 Å². The van der Waals surface area contributed by atoms with Crippen LogP contribution in [0, 0.1) is 0 Å². The second-order valence-corrected chi connectivity index (χ2v) is 4.83. The van der Waals surface area contributed by atoms with Crippen LogP contribution in [0.15, 0.2) is 24.3 Å². The number of nitrogens with zero attached hydrogens (tertiary/aromatic N) is 1. The fraction of sp³-hybridized carbons (Fsp3) is 0.500. The molecule has 98 valence electrons. The third-order valence-electron chi connectivity index (χ3n) is 3.17. The van der Waals surface area contributed by atoms with E-state index in [2.05, 4.69) is 0 Å². The molecule has 1 aromatic rings. The fourth-order valence-corrected chi connectivity index (χ4v) is 1.96. The molecular formula is C14H20N2O2. The largest absolute Gasteiger partial charge is 0.497 e. The molecule has 1 aliphatic carbocycles. The maximum absolute atomic E-state index is 12.0. The monoisotopic (exact) mass is 248 g/mol. The van der Waals surface area contributed by atoms with Crippen LogP contribution in [-0.2, 0) is 11.3 Å². The summed E-state index contributed by atoms with van der Waals surface area (Å²) >= 11 is 0. The molecular weight excluding hydrogens is 228 g/mol. The van der Waals surface area contributed by atoms with Crippen LogP contribution >= 0.6 is 0 Å². The van der Waals surface area contributed by atoms with E-state index < -0.39 is 6.04 Å². The van der Waals surface area contributed by atoms with Gasteiger partial charge in [-0.2, -0.15) is 0 Å². The number of hydrogen-bond acceptors (Lipinski definition) is 3. The highest BCUT2D eigenvalue weighted by Crippen LogP contribution is 2.29. The Balaban J connectivity index is 2.06. The summed E-state index contributed by atoms with van der Waals surface area (Å²) in [5.41, 5.74) is 6.80. The molecule has 1 fully saturated rings. The Kier molecular flexibility index (Phi) is 3.87. The zero-order chi connectivity index (χ0) is 13.1. The van der Waals surface area contributed by atoms with E-state index in [1.807, 2.05) is 29.2 Å². The second-order valence-electron chi connectivity index (χ2n) is 4.83. The van der Waals surface area contributed by atoms with Crippen LogP contribution in [0.4, 0.5) is 0 Å². The van der Waals surface area contributed by atoms with Crippen molar-refractivity contribution in [3.8, 4) is 5.75 Å². The van der Waals surface area contributed by atoms with Crippen LogP contribution in [0.1, 0.15) is 25.3 Å². The summed E-state index contributed by atoms with van der Waals surface area (Å²) in [7, 11) is 1.64. The predicted molar refractivity (Wildman–Crippen MR) is 70.2 cm³/mol. The van der Waals surface area contributed by atoms with Crippen LogP contribution in [0.2, 0.25) is 0 Å². The molecule has 4 nitrogen and oxygen atoms in total. The van der Waals surface area contributed by atoms with Crippen molar-refractivity contribution in [3.05, 3.63) is 29.8 Å². The average molecular weight is 248 g/mol. The van der Waals surface area contributed by atoms with Gasteiger partial charge in [0, 0.05) is 12.6 Å². The number of rotatable bonds is 5. The minimum Gasteiger partial charge on any atom is -0.497 e. The Morgan fingerprint density at radius 1 is 1.44 bits per heavy atom. The van der Waals surface area contributed by atoms with Crippen molar-refractivity contribution in [2.75, 3.05) is 7.11 Å². The number of hydrogen-bond donors (Lipinski definition) is 1. The number of nitrogens with two attached hydrogens (primary N) is 1. The van der Waals surface area contributed by atoms with Gasteiger partial charge in [-0.05, 0) is 37.5 Å². The Bertz CT molecular complexity index is 410. The SMILES string of the molecule is COc1ccc(CN(C(=O)C(C)N)C2CC2)cc1. The van der Waals surface area contributed by atoms with Crippen LogP contribution in [-0.4, -0.2) is 30.0 Å². The molecule has 0 radical (unpaired) electrons. The number of carbonyl (C=O) groups is 1. The van der Waals surface area contributed by atoms with Crippen molar-refractivity contribution in [3.63, 3.8) is 0 Å². The first-order valence-electron chi connectivity index (χ1n) is 6.31. The van der Waals surface area contributed by atoms with Gasteiger partial charge < -0.3 is 15.4 Å². The zero-order valence-electron chi connectivity index (χ0n) is 10.9. The van der Waals surface area contributed by atoms with E-state index in [4.69, 9.17) is 10.5 Å². The normalized spacial score (nSPS) is 16.2. The van der Waals surface area contributed by atoms with Crippen molar-refractivity contribution in [2.45, 2.75) is 38.4 Å². The molecule has 4 heteroatoms. The van der Waals surface area contributed by atoms with Crippen molar-refractivity contribution < 1.29 is 9.53 Å². The minimum absolute atomic E-state index is 0.0355. The summed E-state index contributed by atoms with van der Waals surface area (Å²) in [6, 6.07) is 7.76. The van der Waals surface area contributed by atoms with Crippen molar-refractivity contribution in [2.24, 2.45) is 5.73 Å². The predicted octanol–water partition coefficient (Wildman–Crippen LogP) is 1.53. The highest BCUT2D eigenvalue weighted by atomic mass is 16.5. The number of amides is 1. The Hall–Kier alpha value is -1.55. The lowest BCUT2D eigenvalue weighted by atomic mass is 10.2. The summed E-state index contributed by atoms with van der Waals surface area (Å²) in [5.74, 6) is 0.864. The van der Waals surface area contributed by atoms with Gasteiger partial charge in [0.05, 0.1) is 13.2 Å². The lowest BCUT2D eigenvalue weighted by Crippen LogP contribution is -2.42. The Morgan fingerprint density at radius 2 is 2.06 bits per heavy atom. The molecule has 0 aliphatic heterocycles. The summed E-state index contributed by atoms with van der Waals surface area (Å²) in [6.45, 7) is 2.38. The molecule has 0 saturated heterocycles. The van der Waals surface area contributed by atoms with Crippen LogP contribution in [0.3, 0.4) is 0 Å². The summed E-state index contributed by atoms with van der Waals surface area (Å²) in [6.07, 6.45) is 2.18. The van der Waals surface area contributed by atoms with Gasteiger partial charge in [-0.3, -0.25) is 4.79 Å². The lowest BCUT2D eigenvalue weighted by molar-refractivity contribution is -0.133. The zero-order valence-corrected chi connectivity index (χ0v) is 10.9. The van der Waals surface area contributed by atoms with E-state index in [9.17, 15) is 4.79 Å². The van der Waals surface area contributed by atoms with Gasteiger partial charge in [-0.15, -0.1) is 0 Å². The summed E-state index contributed by atoms with van der Waals surface area (Å²) in [5, 5.41) is 0. The summed E-state index contributed by atoms with van der Waals surface area (Å²) in [4.78, 5) is 13.9. The first kappa shape index (κ1) is 12.9. The molecule has 0 bridgehead atoms. The maximum Gasteiger partial charge on any atom is 0.239 e. The molecule has 2 rings (SSSR count). The average Bonchev–Trinajstić information content (AvgIpc) is 3.20. The molecule has 18 heavy (non-hydrogen) atoms. The smallest absolute Gasteiger partial charge is 0.239 e. The lowest BCUT2D eigenvalue weighted by Gasteiger charge is -2.24. The van der Waals surface area contributed by atoms with E-state index in [0.717, 1.165) is 24.2 Å². The molecule has 1 aliphatic rings. The molecule has 1 aromatic carbocycles. The molecule has 2 N–H and O–H groups in total. The molecule has 1 atom stereocenters. The topological polar surface area (TPSA) is 55.6 Å². The third-order valence-corrected chi connectivity index (χ3v) is 3.17. The summed E-state index contributed by atoms with van der Waals surface area (Å²) < 4.78 is 5.12. The Morgan fingerprint density at radius 3 is 2.50 bits per heavy atom.